The van der Waals surface area contributed by atoms with Gasteiger partial charge in [0.2, 0.25) is 0 Å². The highest BCUT2D eigenvalue weighted by atomic mass is 16.6. The number of esters is 3. The van der Waals surface area contributed by atoms with E-state index in [4.69, 9.17) is 14.2 Å². The molecule has 1 atom stereocenters. The molecule has 0 N–H and O–H groups in total. The van der Waals surface area contributed by atoms with Crippen molar-refractivity contribution in [2.75, 3.05) is 13.2 Å². The zero-order chi connectivity index (χ0) is 54.3. The van der Waals surface area contributed by atoms with Gasteiger partial charge in [0.05, 0.1) is 0 Å². The van der Waals surface area contributed by atoms with Crippen molar-refractivity contribution in [2.24, 2.45) is 0 Å². The molecular weight excluding hydrogens is 925 g/mol. The molecule has 1 unspecified atom stereocenters. The molecule has 0 fully saturated rings. The van der Waals surface area contributed by atoms with Gasteiger partial charge in [-0.25, -0.2) is 0 Å². The molecule has 0 aliphatic rings. The summed E-state index contributed by atoms with van der Waals surface area (Å²) >= 11 is 0. The minimum absolute atomic E-state index is 0.0758. The Kier molecular flexibility index (Phi) is 61.7. The lowest BCUT2D eigenvalue weighted by Gasteiger charge is -2.18. The van der Waals surface area contributed by atoms with Gasteiger partial charge in [0, 0.05) is 19.3 Å². The van der Waals surface area contributed by atoms with Crippen LogP contribution in [0, 0.1) is 0 Å². The van der Waals surface area contributed by atoms with Crippen molar-refractivity contribution in [3.8, 4) is 0 Å². The third-order valence-electron chi connectivity index (χ3n) is 14.8. The molecule has 0 radical (unpaired) electrons. The van der Waals surface area contributed by atoms with E-state index in [-0.39, 0.29) is 31.1 Å². The van der Waals surface area contributed by atoms with Crippen LogP contribution in [0.15, 0.2) is 48.6 Å². The molecule has 6 nitrogen and oxygen atoms in total. The first-order chi connectivity index (χ1) is 37.0. The first-order valence-electron chi connectivity index (χ1n) is 33.1. The largest absolute Gasteiger partial charge is 0.462 e. The predicted octanol–water partition coefficient (Wildman–Crippen LogP) is 22.6. The fourth-order valence-corrected chi connectivity index (χ4v) is 9.87. The molecule has 0 heterocycles. The summed E-state index contributed by atoms with van der Waals surface area (Å²) in [6, 6.07) is 0. The van der Waals surface area contributed by atoms with Gasteiger partial charge in [0.15, 0.2) is 6.10 Å². The quantitative estimate of drug-likeness (QED) is 0.0261. The van der Waals surface area contributed by atoms with Crippen molar-refractivity contribution in [3.63, 3.8) is 0 Å². The Morgan fingerprint density at radius 1 is 0.280 bits per heavy atom. The average molecular weight is 1050 g/mol. The molecule has 75 heavy (non-hydrogen) atoms. The molecule has 0 amide bonds. The van der Waals surface area contributed by atoms with Gasteiger partial charge < -0.3 is 14.2 Å². The Labute approximate surface area is 467 Å². The Morgan fingerprint density at radius 2 is 0.520 bits per heavy atom. The molecule has 0 spiro atoms. The number of ether oxygens (including phenoxy) is 3. The molecule has 0 saturated carbocycles. The van der Waals surface area contributed by atoms with E-state index >= 15 is 0 Å². The summed E-state index contributed by atoms with van der Waals surface area (Å²) < 4.78 is 16.9. The fraction of sp³-hybridized carbons (Fsp3) is 0.841. The van der Waals surface area contributed by atoms with E-state index in [1.165, 1.54) is 218 Å². The molecule has 0 bridgehead atoms. The molecule has 0 saturated heterocycles. The lowest BCUT2D eigenvalue weighted by atomic mass is 10.0. The Morgan fingerprint density at radius 3 is 0.827 bits per heavy atom. The lowest BCUT2D eigenvalue weighted by Crippen LogP contribution is -2.30. The normalized spacial score (nSPS) is 12.3. The summed E-state index contributed by atoms with van der Waals surface area (Å²) in [4.78, 5) is 38.3. The standard InChI is InChI=1S/C69H126O6/c1-4-7-10-13-16-19-22-25-28-29-30-31-32-33-34-35-36-37-38-39-42-44-47-50-53-56-59-62-68(71)74-65-66(75-69(72)63-60-57-54-51-48-45-41-27-24-21-18-15-12-9-6-3)64-73-67(70)61-58-55-52-49-46-43-40-26-23-20-17-14-11-8-5-2/h9,12,18,21,27,29-30,41,66H,4-8,10-11,13-17,19-20,22-26,28,31-40,42-65H2,1-3H3/b12-9-,21-18-,30-29-,41-27-. The minimum Gasteiger partial charge on any atom is -0.462 e. The second kappa shape index (κ2) is 63.9. The topological polar surface area (TPSA) is 78.9 Å². The number of carbonyl (C=O) groups excluding carboxylic acids is 3. The summed E-state index contributed by atoms with van der Waals surface area (Å²) in [5.41, 5.74) is 0. The molecule has 0 aliphatic heterocycles. The van der Waals surface area contributed by atoms with Gasteiger partial charge in [0.1, 0.15) is 13.2 Å². The van der Waals surface area contributed by atoms with Gasteiger partial charge in [-0.1, -0.05) is 307 Å². The van der Waals surface area contributed by atoms with Crippen LogP contribution in [0.4, 0.5) is 0 Å². The highest BCUT2D eigenvalue weighted by Crippen LogP contribution is 2.18. The molecular formula is C69H126O6. The SMILES string of the molecule is CC/C=C\C/C=C\C/C=C\CCCCCCCC(=O)OC(COC(=O)CCCCCCCCCCCCCCCCC)COC(=O)CCCCCCCCCCCCCCCCC/C=C\CCCCCCCCCC. The van der Waals surface area contributed by atoms with Crippen LogP contribution in [0.5, 0.6) is 0 Å². The predicted molar refractivity (Wildman–Crippen MR) is 325 cm³/mol. The molecule has 0 aromatic rings. The number of allylic oxidation sites excluding steroid dienone is 8. The highest BCUT2D eigenvalue weighted by Gasteiger charge is 2.19. The number of unbranched alkanes of at least 4 members (excludes halogenated alkanes) is 42. The summed E-state index contributed by atoms with van der Waals surface area (Å²) in [7, 11) is 0. The van der Waals surface area contributed by atoms with E-state index in [1.54, 1.807) is 0 Å². The van der Waals surface area contributed by atoms with Gasteiger partial charge in [-0.3, -0.25) is 14.4 Å². The average Bonchev–Trinajstić information content (AvgIpc) is 3.41. The Hall–Kier alpha value is -2.63. The third-order valence-corrected chi connectivity index (χ3v) is 14.8. The maximum atomic E-state index is 12.9. The van der Waals surface area contributed by atoms with Crippen LogP contribution in [-0.2, 0) is 28.6 Å². The second-order valence-corrected chi connectivity index (χ2v) is 22.4. The van der Waals surface area contributed by atoms with E-state index in [0.717, 1.165) is 96.3 Å². The summed E-state index contributed by atoms with van der Waals surface area (Å²) in [6.45, 7) is 6.57. The van der Waals surface area contributed by atoms with Gasteiger partial charge in [-0.05, 0) is 77.0 Å². The maximum Gasteiger partial charge on any atom is 0.306 e. The zero-order valence-corrected chi connectivity index (χ0v) is 50.3. The van der Waals surface area contributed by atoms with Crippen molar-refractivity contribution in [1.29, 1.82) is 0 Å². The molecule has 0 aromatic carbocycles. The van der Waals surface area contributed by atoms with Crippen LogP contribution < -0.4 is 0 Å². The van der Waals surface area contributed by atoms with Crippen LogP contribution in [0.25, 0.3) is 0 Å². The van der Waals surface area contributed by atoms with Crippen LogP contribution in [0.3, 0.4) is 0 Å². The smallest absolute Gasteiger partial charge is 0.306 e. The van der Waals surface area contributed by atoms with Gasteiger partial charge in [-0.15, -0.1) is 0 Å². The number of rotatable bonds is 61. The second-order valence-electron chi connectivity index (χ2n) is 22.4. The van der Waals surface area contributed by atoms with Gasteiger partial charge >= 0.3 is 17.9 Å². The van der Waals surface area contributed by atoms with E-state index in [2.05, 4.69) is 69.4 Å². The van der Waals surface area contributed by atoms with Crippen molar-refractivity contribution < 1.29 is 28.6 Å². The monoisotopic (exact) mass is 1050 g/mol. The number of carbonyl (C=O) groups is 3. The highest BCUT2D eigenvalue weighted by molar-refractivity contribution is 5.71. The number of hydrogen-bond acceptors (Lipinski definition) is 6. The maximum absolute atomic E-state index is 12.9. The molecule has 0 aromatic heterocycles. The summed E-state index contributed by atoms with van der Waals surface area (Å²) in [5.74, 6) is -0.871. The molecule has 6 heteroatoms. The van der Waals surface area contributed by atoms with Crippen LogP contribution >= 0.6 is 0 Å². The number of hydrogen-bond donors (Lipinski definition) is 0. The van der Waals surface area contributed by atoms with E-state index in [0.29, 0.717) is 19.3 Å². The van der Waals surface area contributed by atoms with Gasteiger partial charge in [0.25, 0.3) is 0 Å². The lowest BCUT2D eigenvalue weighted by molar-refractivity contribution is -0.167. The first-order valence-corrected chi connectivity index (χ1v) is 33.1. The van der Waals surface area contributed by atoms with E-state index in [1.807, 2.05) is 0 Å². The molecule has 438 valence electrons. The molecule has 0 rings (SSSR count). The van der Waals surface area contributed by atoms with Crippen molar-refractivity contribution in [1.82, 2.24) is 0 Å². The molecule has 0 aliphatic carbocycles. The van der Waals surface area contributed by atoms with Gasteiger partial charge in [-0.2, -0.15) is 0 Å². The van der Waals surface area contributed by atoms with E-state index < -0.39 is 6.10 Å². The summed E-state index contributed by atoms with van der Waals surface area (Å²) in [5, 5.41) is 0. The third kappa shape index (κ3) is 62.1. The Balaban J connectivity index is 4.22. The van der Waals surface area contributed by atoms with Crippen LogP contribution in [0.2, 0.25) is 0 Å². The van der Waals surface area contributed by atoms with Crippen molar-refractivity contribution >= 4 is 17.9 Å². The zero-order valence-electron chi connectivity index (χ0n) is 50.3. The fourth-order valence-electron chi connectivity index (χ4n) is 9.87. The summed E-state index contributed by atoms with van der Waals surface area (Å²) in [6.07, 6.45) is 79.9. The van der Waals surface area contributed by atoms with Crippen LogP contribution in [0.1, 0.15) is 355 Å². The van der Waals surface area contributed by atoms with E-state index in [9.17, 15) is 14.4 Å². The Bertz CT molecular complexity index is 1300. The van der Waals surface area contributed by atoms with Crippen LogP contribution in [-0.4, -0.2) is 37.2 Å². The van der Waals surface area contributed by atoms with Crippen molar-refractivity contribution in [2.45, 2.75) is 361 Å². The minimum atomic E-state index is -0.780. The first kappa shape index (κ1) is 72.4. The van der Waals surface area contributed by atoms with Crippen molar-refractivity contribution in [3.05, 3.63) is 48.6 Å².